The zero-order valence-corrected chi connectivity index (χ0v) is 9.09. The Balaban J connectivity index is 3.69. The van der Waals surface area contributed by atoms with Crippen LogP contribution in [-0.2, 0) is 0 Å². The fraction of sp³-hybridized carbons (Fsp3) is 0.333. The quantitative estimate of drug-likeness (QED) is 0.466. The van der Waals surface area contributed by atoms with Crippen LogP contribution in [0.4, 0.5) is 0 Å². The molecule has 52 valence electrons. The predicted octanol–water partition coefficient (Wildman–Crippen LogP) is 3.46. The number of halogens is 1. The molecule has 0 aliphatic carbocycles. The first-order valence-corrected chi connectivity index (χ1v) is 6.44. The third-order valence-corrected chi connectivity index (χ3v) is 2.71. The molecule has 0 bridgehead atoms. The molecular formula is C6H9IS2. The standard InChI is InChI=1S/C6H9IS2/c1-5(2)6(8)3-4-9-7/h3,8H,1,4H2,2H3. The second kappa shape index (κ2) is 5.68. The van der Waals surface area contributed by atoms with Crippen molar-refractivity contribution in [1.82, 2.24) is 0 Å². The van der Waals surface area contributed by atoms with Gasteiger partial charge in [0.1, 0.15) is 0 Å². The molecule has 0 aromatic rings. The normalized spacial score (nSPS) is 11.7. The summed E-state index contributed by atoms with van der Waals surface area (Å²) in [6.45, 7) is 5.71. The molecule has 0 spiro atoms. The monoisotopic (exact) mass is 272 g/mol. The Morgan fingerprint density at radius 3 is 2.78 bits per heavy atom. The van der Waals surface area contributed by atoms with Crippen LogP contribution in [0.25, 0.3) is 0 Å². The molecule has 0 amide bonds. The van der Waals surface area contributed by atoms with E-state index < -0.39 is 0 Å². The summed E-state index contributed by atoms with van der Waals surface area (Å²) in [5, 5.41) is 0. The van der Waals surface area contributed by atoms with E-state index in [1.54, 1.807) is 8.93 Å². The molecule has 0 N–H and O–H groups in total. The predicted molar refractivity (Wildman–Crippen MR) is 58.4 cm³/mol. The van der Waals surface area contributed by atoms with E-state index >= 15 is 0 Å². The lowest BCUT2D eigenvalue weighted by Crippen LogP contribution is -1.73. The Morgan fingerprint density at radius 2 is 2.44 bits per heavy atom. The number of hydrogen-bond acceptors (Lipinski definition) is 2. The average molecular weight is 272 g/mol. The minimum Gasteiger partial charge on any atom is -0.143 e. The highest BCUT2D eigenvalue weighted by molar-refractivity contribution is 14.2. The van der Waals surface area contributed by atoms with E-state index in [0.717, 1.165) is 16.2 Å². The van der Waals surface area contributed by atoms with Gasteiger partial charge in [0.25, 0.3) is 0 Å². The second-order valence-corrected chi connectivity index (χ2v) is 4.55. The smallest absolute Gasteiger partial charge is 0.0228 e. The first-order valence-electron chi connectivity index (χ1n) is 2.47. The fourth-order valence-corrected chi connectivity index (χ4v) is 1.27. The van der Waals surface area contributed by atoms with Gasteiger partial charge in [-0.05, 0) is 33.7 Å². The first kappa shape index (κ1) is 9.91. The molecule has 0 aliphatic rings. The van der Waals surface area contributed by atoms with Gasteiger partial charge in [0.2, 0.25) is 0 Å². The van der Waals surface area contributed by atoms with E-state index in [-0.39, 0.29) is 0 Å². The largest absolute Gasteiger partial charge is 0.143 e. The van der Waals surface area contributed by atoms with Crippen LogP contribution in [0.5, 0.6) is 0 Å². The molecule has 0 aromatic carbocycles. The van der Waals surface area contributed by atoms with E-state index in [4.69, 9.17) is 0 Å². The van der Waals surface area contributed by atoms with Gasteiger partial charge < -0.3 is 0 Å². The van der Waals surface area contributed by atoms with Crippen LogP contribution in [0.3, 0.4) is 0 Å². The zero-order chi connectivity index (χ0) is 7.28. The Labute approximate surface area is 78.2 Å². The molecule has 0 aliphatic heterocycles. The van der Waals surface area contributed by atoms with Crippen molar-refractivity contribution in [3.63, 3.8) is 0 Å². The Hall–Kier alpha value is 0.910. The van der Waals surface area contributed by atoms with Gasteiger partial charge >= 0.3 is 0 Å². The van der Waals surface area contributed by atoms with Crippen LogP contribution < -0.4 is 0 Å². The Morgan fingerprint density at radius 1 is 1.89 bits per heavy atom. The molecule has 0 rings (SSSR count). The lowest BCUT2D eigenvalue weighted by Gasteiger charge is -1.94. The summed E-state index contributed by atoms with van der Waals surface area (Å²) >= 11 is 6.46. The lowest BCUT2D eigenvalue weighted by atomic mass is 10.3. The number of hydrogen-bond donors (Lipinski definition) is 1. The molecule has 0 aromatic heterocycles. The van der Waals surface area contributed by atoms with E-state index in [0.29, 0.717) is 0 Å². The van der Waals surface area contributed by atoms with Crippen LogP contribution >= 0.6 is 42.8 Å². The maximum atomic E-state index is 4.20. The zero-order valence-electron chi connectivity index (χ0n) is 5.22. The summed E-state index contributed by atoms with van der Waals surface area (Å²) in [6.07, 6.45) is 2.06. The van der Waals surface area contributed by atoms with Crippen molar-refractivity contribution < 1.29 is 0 Å². The molecule has 0 fully saturated rings. The highest BCUT2D eigenvalue weighted by atomic mass is 127. The van der Waals surface area contributed by atoms with E-state index in [9.17, 15) is 0 Å². The Bertz CT molecular complexity index is 129. The van der Waals surface area contributed by atoms with Crippen molar-refractivity contribution in [2.45, 2.75) is 6.92 Å². The van der Waals surface area contributed by atoms with E-state index in [1.807, 2.05) is 6.92 Å². The number of rotatable bonds is 3. The molecule has 0 radical (unpaired) electrons. The summed E-state index contributed by atoms with van der Waals surface area (Å²) in [4.78, 5) is 0.999. The summed E-state index contributed by atoms with van der Waals surface area (Å²) in [5.41, 5.74) is 1.03. The number of thiol groups is 1. The third-order valence-electron chi connectivity index (χ3n) is 0.777. The molecular weight excluding hydrogens is 263 g/mol. The maximum absolute atomic E-state index is 4.20. The van der Waals surface area contributed by atoms with Gasteiger partial charge in [-0.25, -0.2) is 0 Å². The molecule has 0 unspecified atom stereocenters. The molecule has 0 saturated heterocycles. The van der Waals surface area contributed by atoms with Crippen LogP contribution in [-0.4, -0.2) is 5.75 Å². The molecule has 0 nitrogen and oxygen atoms in total. The van der Waals surface area contributed by atoms with Gasteiger partial charge in [-0.2, -0.15) is 0 Å². The highest BCUT2D eigenvalue weighted by Crippen LogP contribution is 2.16. The van der Waals surface area contributed by atoms with Crippen LogP contribution in [0, 0.1) is 0 Å². The topological polar surface area (TPSA) is 0 Å². The highest BCUT2D eigenvalue weighted by Gasteiger charge is 1.87. The van der Waals surface area contributed by atoms with Gasteiger partial charge in [-0.3, -0.25) is 0 Å². The molecule has 3 heteroatoms. The van der Waals surface area contributed by atoms with Gasteiger partial charge in [-0.1, -0.05) is 21.6 Å². The van der Waals surface area contributed by atoms with Crippen molar-refractivity contribution >= 4 is 42.8 Å². The van der Waals surface area contributed by atoms with Gasteiger partial charge in [0.15, 0.2) is 0 Å². The minimum absolute atomic E-state index is 0.999. The average Bonchev–Trinajstić information content (AvgIpc) is 1.82. The maximum Gasteiger partial charge on any atom is 0.0228 e. The Kier molecular flexibility index (Phi) is 6.25. The SMILES string of the molecule is C=C(C)C(S)=CCSI. The van der Waals surface area contributed by atoms with Crippen LogP contribution in [0.1, 0.15) is 6.92 Å². The van der Waals surface area contributed by atoms with Crippen molar-refractivity contribution in [3.05, 3.63) is 23.1 Å². The van der Waals surface area contributed by atoms with E-state index in [2.05, 4.69) is 46.5 Å². The third kappa shape index (κ3) is 5.36. The van der Waals surface area contributed by atoms with Crippen molar-refractivity contribution in [2.24, 2.45) is 0 Å². The molecule has 0 heterocycles. The summed E-state index contributed by atoms with van der Waals surface area (Å²) in [6, 6.07) is 0. The minimum atomic E-state index is 0.999. The van der Waals surface area contributed by atoms with Crippen molar-refractivity contribution in [3.8, 4) is 0 Å². The molecule has 0 saturated carbocycles. The summed E-state index contributed by atoms with van der Waals surface area (Å²) < 4.78 is 0. The van der Waals surface area contributed by atoms with Crippen LogP contribution in [0.2, 0.25) is 0 Å². The lowest BCUT2D eigenvalue weighted by molar-refractivity contribution is 1.52. The molecule has 9 heavy (non-hydrogen) atoms. The summed E-state index contributed by atoms with van der Waals surface area (Å²) in [5.74, 6) is 1.01. The molecule has 0 atom stereocenters. The van der Waals surface area contributed by atoms with Crippen molar-refractivity contribution in [2.75, 3.05) is 5.75 Å². The first-order chi connectivity index (χ1) is 4.18. The van der Waals surface area contributed by atoms with Crippen LogP contribution in [0.15, 0.2) is 23.1 Å². The van der Waals surface area contributed by atoms with Gasteiger partial charge in [0, 0.05) is 10.7 Å². The second-order valence-electron chi connectivity index (χ2n) is 1.65. The fourth-order valence-electron chi connectivity index (χ4n) is 0.285. The van der Waals surface area contributed by atoms with Gasteiger partial charge in [0.05, 0.1) is 0 Å². The van der Waals surface area contributed by atoms with Gasteiger partial charge in [-0.15, -0.1) is 12.6 Å². The number of allylic oxidation sites excluding steroid dienone is 1. The summed E-state index contributed by atoms with van der Waals surface area (Å²) in [7, 11) is 1.75. The van der Waals surface area contributed by atoms with E-state index in [1.165, 1.54) is 0 Å². The van der Waals surface area contributed by atoms with Crippen molar-refractivity contribution in [1.29, 1.82) is 0 Å².